The van der Waals surface area contributed by atoms with Crippen LogP contribution in [0.4, 0.5) is 11.4 Å². The molecule has 20 heavy (non-hydrogen) atoms. The van der Waals surface area contributed by atoms with Gasteiger partial charge in [-0.1, -0.05) is 23.8 Å². The Morgan fingerprint density at radius 1 is 1.05 bits per heavy atom. The Bertz CT molecular complexity index is 641. The van der Waals surface area contributed by atoms with Crippen LogP contribution in [0, 0.1) is 17.0 Å². The van der Waals surface area contributed by atoms with Crippen LogP contribution in [-0.2, 0) is 0 Å². The second kappa shape index (κ2) is 6.43. The van der Waals surface area contributed by atoms with E-state index < -0.39 is 4.92 Å². The first-order chi connectivity index (χ1) is 9.65. The average molecular weight is 266 g/mol. The normalized spacial score (nSPS) is 11.2. The van der Waals surface area contributed by atoms with Gasteiger partial charge in [-0.3, -0.25) is 15.1 Å². The standard InChI is InChI=1S/C16H14N2O2/c1-13-4-8-15(9-5-13)17-12-2-3-14-6-10-16(11-7-14)18(19)20/h2-12H,1H3. The first-order valence-electron chi connectivity index (χ1n) is 6.17. The summed E-state index contributed by atoms with van der Waals surface area (Å²) in [6.07, 6.45) is 5.36. The molecule has 0 N–H and O–H groups in total. The van der Waals surface area contributed by atoms with Gasteiger partial charge in [-0.2, -0.15) is 0 Å². The van der Waals surface area contributed by atoms with Crippen LogP contribution in [0.5, 0.6) is 0 Å². The molecule has 0 aromatic heterocycles. The first kappa shape index (κ1) is 13.7. The number of rotatable bonds is 4. The molecular weight excluding hydrogens is 252 g/mol. The van der Waals surface area contributed by atoms with Gasteiger partial charge in [0.2, 0.25) is 0 Å². The lowest BCUT2D eigenvalue weighted by Crippen LogP contribution is -1.86. The summed E-state index contributed by atoms with van der Waals surface area (Å²) in [7, 11) is 0. The molecule has 0 heterocycles. The number of hydrogen-bond acceptors (Lipinski definition) is 3. The fraction of sp³-hybridized carbons (Fsp3) is 0.0625. The van der Waals surface area contributed by atoms with Gasteiger partial charge < -0.3 is 0 Å². The molecule has 4 heteroatoms. The Hall–Kier alpha value is -2.75. The largest absolute Gasteiger partial charge is 0.269 e. The highest BCUT2D eigenvalue weighted by Gasteiger charge is 2.01. The summed E-state index contributed by atoms with van der Waals surface area (Å²) < 4.78 is 0. The number of non-ortho nitro benzene ring substituents is 1. The molecule has 0 spiro atoms. The Morgan fingerprint density at radius 2 is 1.70 bits per heavy atom. The van der Waals surface area contributed by atoms with E-state index in [1.807, 2.05) is 37.3 Å². The maximum absolute atomic E-state index is 10.5. The summed E-state index contributed by atoms with van der Waals surface area (Å²) in [5, 5.41) is 10.5. The zero-order valence-corrected chi connectivity index (χ0v) is 11.1. The zero-order valence-electron chi connectivity index (χ0n) is 11.1. The van der Waals surface area contributed by atoms with Gasteiger partial charge in [-0.05, 0) is 42.8 Å². The quantitative estimate of drug-likeness (QED) is 0.470. The van der Waals surface area contributed by atoms with E-state index in [1.165, 1.54) is 17.7 Å². The molecule has 0 aliphatic carbocycles. The predicted octanol–water partition coefficient (Wildman–Crippen LogP) is 4.32. The number of aliphatic imine (C=N–C) groups is 1. The molecule has 2 aromatic carbocycles. The van der Waals surface area contributed by atoms with Crippen LogP contribution in [0.25, 0.3) is 6.08 Å². The van der Waals surface area contributed by atoms with E-state index in [4.69, 9.17) is 0 Å². The van der Waals surface area contributed by atoms with Crippen LogP contribution in [0.15, 0.2) is 59.6 Å². The fourth-order valence-electron chi connectivity index (χ4n) is 1.62. The first-order valence-corrected chi connectivity index (χ1v) is 6.17. The SMILES string of the molecule is Cc1ccc(N=CC=Cc2ccc([N+](=O)[O-])cc2)cc1. The number of aryl methyl sites for hydroxylation is 1. The van der Waals surface area contributed by atoms with Crippen molar-refractivity contribution in [2.75, 3.05) is 0 Å². The van der Waals surface area contributed by atoms with Crippen molar-refractivity contribution >= 4 is 23.7 Å². The Morgan fingerprint density at radius 3 is 2.30 bits per heavy atom. The van der Waals surface area contributed by atoms with Crippen LogP contribution in [0.1, 0.15) is 11.1 Å². The number of allylic oxidation sites excluding steroid dienone is 1. The number of nitro benzene ring substituents is 1. The number of benzene rings is 2. The summed E-state index contributed by atoms with van der Waals surface area (Å²) in [5.41, 5.74) is 3.08. The Balaban J connectivity index is 1.99. The van der Waals surface area contributed by atoms with Gasteiger partial charge in [-0.15, -0.1) is 0 Å². The minimum Gasteiger partial charge on any atom is -0.258 e. The third-order valence-corrected chi connectivity index (χ3v) is 2.74. The van der Waals surface area contributed by atoms with Crippen molar-refractivity contribution in [3.05, 3.63) is 75.8 Å². The molecule has 0 amide bonds. The number of nitrogens with zero attached hydrogens (tertiary/aromatic N) is 2. The van der Waals surface area contributed by atoms with Crippen molar-refractivity contribution in [1.29, 1.82) is 0 Å². The highest BCUT2D eigenvalue weighted by Crippen LogP contribution is 2.13. The summed E-state index contributed by atoms with van der Waals surface area (Å²) in [6, 6.07) is 14.3. The van der Waals surface area contributed by atoms with Gasteiger partial charge in [-0.25, -0.2) is 0 Å². The maximum Gasteiger partial charge on any atom is 0.269 e. The van der Waals surface area contributed by atoms with E-state index in [9.17, 15) is 10.1 Å². The number of hydrogen-bond donors (Lipinski definition) is 0. The van der Waals surface area contributed by atoms with E-state index in [0.29, 0.717) is 0 Å². The van der Waals surface area contributed by atoms with Crippen molar-refractivity contribution in [3.63, 3.8) is 0 Å². The Labute approximate surface area is 117 Å². The summed E-state index contributed by atoms with van der Waals surface area (Å²) in [5.74, 6) is 0. The van der Waals surface area contributed by atoms with Crippen molar-refractivity contribution in [1.82, 2.24) is 0 Å². The van der Waals surface area contributed by atoms with E-state index in [-0.39, 0.29) is 5.69 Å². The van der Waals surface area contributed by atoms with Crippen molar-refractivity contribution < 1.29 is 4.92 Å². The lowest BCUT2D eigenvalue weighted by atomic mass is 10.2. The molecule has 0 atom stereocenters. The minimum absolute atomic E-state index is 0.0930. The van der Waals surface area contributed by atoms with E-state index >= 15 is 0 Å². The third kappa shape index (κ3) is 3.88. The molecule has 0 radical (unpaired) electrons. The predicted molar refractivity (Wildman–Crippen MR) is 81.5 cm³/mol. The second-order valence-electron chi connectivity index (χ2n) is 4.32. The molecular formula is C16H14N2O2. The van der Waals surface area contributed by atoms with Gasteiger partial charge in [0.05, 0.1) is 10.6 Å². The highest BCUT2D eigenvalue weighted by atomic mass is 16.6. The van der Waals surface area contributed by atoms with Crippen LogP contribution in [-0.4, -0.2) is 11.1 Å². The molecule has 0 unspecified atom stereocenters. The van der Waals surface area contributed by atoms with Gasteiger partial charge in [0.15, 0.2) is 0 Å². The molecule has 2 aromatic rings. The second-order valence-corrected chi connectivity index (χ2v) is 4.32. The van der Waals surface area contributed by atoms with Gasteiger partial charge in [0, 0.05) is 18.3 Å². The summed E-state index contributed by atoms with van der Waals surface area (Å²) in [4.78, 5) is 14.4. The van der Waals surface area contributed by atoms with E-state index in [1.54, 1.807) is 24.4 Å². The van der Waals surface area contributed by atoms with Crippen LogP contribution < -0.4 is 0 Å². The smallest absolute Gasteiger partial charge is 0.258 e. The molecule has 0 saturated heterocycles. The zero-order chi connectivity index (χ0) is 14.4. The molecule has 0 bridgehead atoms. The van der Waals surface area contributed by atoms with Crippen molar-refractivity contribution in [3.8, 4) is 0 Å². The molecule has 0 aliphatic heterocycles. The van der Waals surface area contributed by atoms with Crippen LogP contribution in [0.2, 0.25) is 0 Å². The van der Waals surface area contributed by atoms with Gasteiger partial charge >= 0.3 is 0 Å². The molecule has 2 rings (SSSR count). The topological polar surface area (TPSA) is 55.5 Å². The number of nitro groups is 1. The summed E-state index contributed by atoms with van der Waals surface area (Å²) in [6.45, 7) is 2.03. The van der Waals surface area contributed by atoms with Crippen LogP contribution >= 0.6 is 0 Å². The maximum atomic E-state index is 10.5. The Kier molecular flexibility index (Phi) is 4.39. The molecule has 100 valence electrons. The van der Waals surface area contributed by atoms with Crippen LogP contribution in [0.3, 0.4) is 0 Å². The van der Waals surface area contributed by atoms with E-state index in [0.717, 1.165) is 11.3 Å². The third-order valence-electron chi connectivity index (χ3n) is 2.74. The summed E-state index contributed by atoms with van der Waals surface area (Å²) >= 11 is 0. The molecule has 0 fully saturated rings. The van der Waals surface area contributed by atoms with Gasteiger partial charge in [0.1, 0.15) is 0 Å². The molecule has 4 nitrogen and oxygen atoms in total. The van der Waals surface area contributed by atoms with E-state index in [2.05, 4.69) is 4.99 Å². The lowest BCUT2D eigenvalue weighted by molar-refractivity contribution is -0.384. The highest BCUT2D eigenvalue weighted by molar-refractivity contribution is 5.80. The molecule has 0 saturated carbocycles. The van der Waals surface area contributed by atoms with Crippen molar-refractivity contribution in [2.45, 2.75) is 6.92 Å². The average Bonchev–Trinajstić information content (AvgIpc) is 2.46. The fourth-order valence-corrected chi connectivity index (χ4v) is 1.62. The monoisotopic (exact) mass is 266 g/mol. The van der Waals surface area contributed by atoms with Crippen molar-refractivity contribution in [2.24, 2.45) is 4.99 Å². The molecule has 0 aliphatic rings. The minimum atomic E-state index is -0.410. The lowest BCUT2D eigenvalue weighted by Gasteiger charge is -1.94. The van der Waals surface area contributed by atoms with Gasteiger partial charge in [0.25, 0.3) is 5.69 Å².